The normalized spacial score (nSPS) is 14.8. The fourth-order valence-electron chi connectivity index (χ4n) is 2.94. The second-order valence-electron chi connectivity index (χ2n) is 6.68. The summed E-state index contributed by atoms with van der Waals surface area (Å²) in [6.45, 7) is 6.77. The maximum atomic E-state index is 12.1. The number of rotatable bonds is 5. The van der Waals surface area contributed by atoms with Crippen LogP contribution in [0.1, 0.15) is 35.6 Å². The van der Waals surface area contributed by atoms with Gasteiger partial charge in [0.2, 0.25) is 0 Å². The number of aromatic nitrogens is 2. The zero-order chi connectivity index (χ0) is 17.3. The third-order valence-corrected chi connectivity index (χ3v) is 3.93. The molecule has 0 radical (unpaired) electrons. The second-order valence-corrected chi connectivity index (χ2v) is 6.68. The molecule has 6 nitrogen and oxygen atoms in total. The van der Waals surface area contributed by atoms with Gasteiger partial charge in [-0.05, 0) is 32.9 Å². The summed E-state index contributed by atoms with van der Waals surface area (Å²) in [5.74, 6) is 1.39. The van der Waals surface area contributed by atoms with E-state index in [1.807, 2.05) is 19.1 Å². The van der Waals surface area contributed by atoms with E-state index in [9.17, 15) is 4.79 Å². The van der Waals surface area contributed by atoms with Crippen molar-refractivity contribution < 1.29 is 14.3 Å². The van der Waals surface area contributed by atoms with Gasteiger partial charge in [0.1, 0.15) is 17.9 Å². The molecule has 0 spiro atoms. The highest BCUT2D eigenvalue weighted by Crippen LogP contribution is 2.41. The van der Waals surface area contributed by atoms with Gasteiger partial charge in [-0.25, -0.2) is 0 Å². The Labute approximate surface area is 141 Å². The van der Waals surface area contributed by atoms with Gasteiger partial charge in [-0.2, -0.15) is 5.10 Å². The lowest BCUT2D eigenvalue weighted by molar-refractivity contribution is 0.0937. The van der Waals surface area contributed by atoms with Crippen molar-refractivity contribution in [2.75, 3.05) is 13.2 Å². The first-order valence-corrected chi connectivity index (χ1v) is 8.08. The number of carbonyl (C=O) groups excluding carboxylic acids is 1. The van der Waals surface area contributed by atoms with Crippen LogP contribution < -0.4 is 14.8 Å². The minimum atomic E-state index is -0.201. The van der Waals surface area contributed by atoms with Crippen LogP contribution in [0.3, 0.4) is 0 Å². The Hall–Kier alpha value is -2.50. The van der Waals surface area contributed by atoms with Gasteiger partial charge < -0.3 is 14.8 Å². The maximum absolute atomic E-state index is 12.1. The molecule has 1 aromatic carbocycles. The van der Waals surface area contributed by atoms with Gasteiger partial charge in [-0.3, -0.25) is 9.48 Å². The quantitative estimate of drug-likeness (QED) is 0.855. The molecule has 24 heavy (non-hydrogen) atoms. The molecule has 3 rings (SSSR count). The van der Waals surface area contributed by atoms with Crippen molar-refractivity contribution in [3.05, 3.63) is 41.2 Å². The number of ether oxygens (including phenoxy) is 2. The van der Waals surface area contributed by atoms with Crippen LogP contribution in [-0.4, -0.2) is 34.4 Å². The van der Waals surface area contributed by atoms with Gasteiger partial charge >= 0.3 is 0 Å². The average molecular weight is 329 g/mol. The van der Waals surface area contributed by atoms with Crippen molar-refractivity contribution in [1.82, 2.24) is 15.1 Å². The van der Waals surface area contributed by atoms with Crippen molar-refractivity contribution in [2.45, 2.75) is 32.8 Å². The average Bonchev–Trinajstić information content (AvgIpc) is 3.00. The van der Waals surface area contributed by atoms with Crippen molar-refractivity contribution in [1.29, 1.82) is 0 Å². The van der Waals surface area contributed by atoms with E-state index in [-0.39, 0.29) is 11.5 Å². The van der Waals surface area contributed by atoms with E-state index in [1.54, 1.807) is 17.8 Å². The van der Waals surface area contributed by atoms with Crippen LogP contribution in [0.5, 0.6) is 11.5 Å². The van der Waals surface area contributed by atoms with E-state index in [2.05, 4.69) is 30.3 Å². The van der Waals surface area contributed by atoms with Crippen LogP contribution >= 0.6 is 0 Å². The van der Waals surface area contributed by atoms with Gasteiger partial charge in [0.15, 0.2) is 11.5 Å². The highest BCUT2D eigenvalue weighted by molar-refractivity contribution is 5.92. The van der Waals surface area contributed by atoms with E-state index >= 15 is 0 Å². The number of fused-ring (bicyclic) bond motifs is 1. The minimum Gasteiger partial charge on any atom is -0.488 e. The van der Waals surface area contributed by atoms with Crippen LogP contribution in [0, 0.1) is 6.92 Å². The van der Waals surface area contributed by atoms with Crippen LogP contribution in [0.15, 0.2) is 24.3 Å². The molecule has 0 bridgehead atoms. The van der Waals surface area contributed by atoms with E-state index in [1.165, 1.54) is 0 Å². The summed E-state index contributed by atoms with van der Waals surface area (Å²) in [5.41, 5.74) is 2.32. The molecule has 0 fully saturated rings. The van der Waals surface area contributed by atoms with E-state index < -0.39 is 0 Å². The first kappa shape index (κ1) is 16.4. The van der Waals surface area contributed by atoms with E-state index in [0.717, 1.165) is 29.2 Å². The molecule has 2 aromatic rings. The summed E-state index contributed by atoms with van der Waals surface area (Å²) in [4.78, 5) is 12.1. The maximum Gasteiger partial charge on any atom is 0.269 e. The summed E-state index contributed by atoms with van der Waals surface area (Å²) in [6.07, 6.45) is 0.871. The van der Waals surface area contributed by atoms with Crippen LogP contribution in [-0.2, 0) is 13.5 Å². The molecular formula is C18H23N3O3. The first-order valence-electron chi connectivity index (χ1n) is 8.08. The number of aryl methyl sites for hydroxylation is 2. The van der Waals surface area contributed by atoms with Gasteiger partial charge in [-0.1, -0.05) is 12.1 Å². The van der Waals surface area contributed by atoms with Gasteiger partial charge in [0.05, 0.1) is 12.2 Å². The third-order valence-electron chi connectivity index (χ3n) is 3.93. The minimum absolute atomic E-state index is 0.155. The monoisotopic (exact) mass is 329 g/mol. The molecule has 1 N–H and O–H groups in total. The summed E-state index contributed by atoms with van der Waals surface area (Å²) < 4.78 is 13.3. The highest BCUT2D eigenvalue weighted by Gasteiger charge is 2.32. The lowest BCUT2D eigenvalue weighted by atomic mass is 10.0. The summed E-state index contributed by atoms with van der Waals surface area (Å²) in [6, 6.07) is 7.68. The van der Waals surface area contributed by atoms with Crippen LogP contribution in [0.4, 0.5) is 0 Å². The molecule has 0 saturated carbocycles. The molecular weight excluding hydrogens is 306 g/mol. The Morgan fingerprint density at radius 3 is 2.96 bits per heavy atom. The topological polar surface area (TPSA) is 65.4 Å². The van der Waals surface area contributed by atoms with Crippen LogP contribution in [0.2, 0.25) is 0 Å². The standard InChI is InChI=1S/C18H23N3O3/c1-12-10-14(21(4)20-12)17(22)19-8-9-23-15-7-5-6-13-11-18(2,3)24-16(13)15/h5-7,10H,8-9,11H2,1-4H3,(H,19,22). The molecule has 1 aromatic heterocycles. The molecule has 6 heteroatoms. The fourth-order valence-corrected chi connectivity index (χ4v) is 2.94. The zero-order valence-corrected chi connectivity index (χ0v) is 14.5. The van der Waals surface area contributed by atoms with Gasteiger partial charge in [0.25, 0.3) is 5.91 Å². The molecule has 0 atom stereocenters. The highest BCUT2D eigenvalue weighted by atomic mass is 16.5. The van der Waals surface area contributed by atoms with E-state index in [4.69, 9.17) is 9.47 Å². The lowest BCUT2D eigenvalue weighted by Crippen LogP contribution is -2.29. The number of amides is 1. The Balaban J connectivity index is 1.54. The fraction of sp³-hybridized carbons (Fsp3) is 0.444. The van der Waals surface area contributed by atoms with Crippen molar-refractivity contribution >= 4 is 5.91 Å². The number of benzene rings is 1. The van der Waals surface area contributed by atoms with E-state index in [0.29, 0.717) is 18.8 Å². The predicted octanol–water partition coefficient (Wildman–Crippen LogP) is 2.25. The van der Waals surface area contributed by atoms with Crippen molar-refractivity contribution in [3.8, 4) is 11.5 Å². The number of para-hydroxylation sites is 1. The molecule has 2 heterocycles. The molecule has 0 aliphatic carbocycles. The molecule has 1 aliphatic heterocycles. The van der Waals surface area contributed by atoms with Crippen molar-refractivity contribution in [2.24, 2.45) is 7.05 Å². The molecule has 128 valence electrons. The zero-order valence-electron chi connectivity index (χ0n) is 14.5. The lowest BCUT2D eigenvalue weighted by Gasteiger charge is -2.18. The Morgan fingerprint density at radius 2 is 2.25 bits per heavy atom. The van der Waals surface area contributed by atoms with Gasteiger partial charge in [-0.15, -0.1) is 0 Å². The number of hydrogen-bond donors (Lipinski definition) is 1. The number of nitrogens with zero attached hydrogens (tertiary/aromatic N) is 2. The molecule has 1 aliphatic rings. The molecule has 0 saturated heterocycles. The van der Waals surface area contributed by atoms with Gasteiger partial charge in [0, 0.05) is 19.0 Å². The number of carbonyl (C=O) groups is 1. The Morgan fingerprint density at radius 1 is 1.46 bits per heavy atom. The predicted molar refractivity (Wildman–Crippen MR) is 90.6 cm³/mol. The smallest absolute Gasteiger partial charge is 0.269 e. The third kappa shape index (κ3) is 3.37. The largest absolute Gasteiger partial charge is 0.488 e. The number of hydrogen-bond acceptors (Lipinski definition) is 4. The second kappa shape index (κ2) is 6.19. The Bertz CT molecular complexity index is 765. The summed E-state index contributed by atoms with van der Waals surface area (Å²) in [5, 5.41) is 7.01. The summed E-state index contributed by atoms with van der Waals surface area (Å²) in [7, 11) is 1.75. The molecule has 1 amide bonds. The van der Waals surface area contributed by atoms with Crippen LogP contribution in [0.25, 0.3) is 0 Å². The number of nitrogens with one attached hydrogen (secondary N) is 1. The molecule has 0 unspecified atom stereocenters. The Kier molecular flexibility index (Phi) is 4.22. The first-order chi connectivity index (χ1) is 11.4. The van der Waals surface area contributed by atoms with Crippen molar-refractivity contribution in [3.63, 3.8) is 0 Å². The summed E-state index contributed by atoms with van der Waals surface area (Å²) >= 11 is 0. The SMILES string of the molecule is Cc1cc(C(=O)NCCOc2cccc3c2OC(C)(C)C3)n(C)n1.